The third-order valence-corrected chi connectivity index (χ3v) is 1.68. The molecule has 3 heteroatoms. The van der Waals surface area contributed by atoms with Gasteiger partial charge in [0, 0.05) is 4.48 Å². The average Bonchev–Trinajstić information content (AvgIpc) is 1.80. The van der Waals surface area contributed by atoms with Crippen molar-refractivity contribution in [1.82, 2.24) is 0 Å². The third-order valence-electron chi connectivity index (χ3n) is 1.13. The van der Waals surface area contributed by atoms with Crippen molar-refractivity contribution in [2.45, 2.75) is 12.5 Å². The quantitative estimate of drug-likeness (QED) is 0.622. The Morgan fingerprint density at radius 2 is 2.44 bits per heavy atom. The molecule has 0 aliphatic heterocycles. The second kappa shape index (κ2) is 2.62. The Kier molecular flexibility index (Phi) is 2.03. The number of hydrogen-bond donors (Lipinski definition) is 1. The molecule has 1 unspecified atom stereocenters. The summed E-state index contributed by atoms with van der Waals surface area (Å²) >= 11 is 3.09. The van der Waals surface area contributed by atoms with Gasteiger partial charge in [-0.15, -0.1) is 0 Å². The predicted molar refractivity (Wildman–Crippen MR) is 36.8 cm³/mol. The Morgan fingerprint density at radius 3 is 2.89 bits per heavy atom. The summed E-state index contributed by atoms with van der Waals surface area (Å²) in [6.07, 6.45) is 2.44. The lowest BCUT2D eigenvalue weighted by Crippen LogP contribution is -2.08. The Balaban J connectivity index is 2.74. The molecule has 0 fully saturated rings. The molecule has 1 N–H and O–H groups in total. The molecule has 0 saturated heterocycles. The molecule has 50 valence electrons. The van der Waals surface area contributed by atoms with Crippen LogP contribution in [0.25, 0.3) is 0 Å². The normalized spacial score (nSPS) is 27.2. The van der Waals surface area contributed by atoms with Crippen LogP contribution in [0, 0.1) is 0 Å². The zero-order valence-corrected chi connectivity index (χ0v) is 6.23. The molecule has 1 rings (SSSR count). The zero-order valence-electron chi connectivity index (χ0n) is 4.64. The topological polar surface area (TPSA) is 20.2 Å². The van der Waals surface area contributed by atoms with Crippen molar-refractivity contribution in [3.8, 4) is 0 Å². The summed E-state index contributed by atoms with van der Waals surface area (Å²) < 4.78 is 13.1. The van der Waals surface area contributed by atoms with Crippen LogP contribution in [0.2, 0.25) is 0 Å². The molecule has 0 radical (unpaired) electrons. The van der Waals surface area contributed by atoms with Crippen LogP contribution >= 0.6 is 15.9 Å². The lowest BCUT2D eigenvalue weighted by Gasteiger charge is -2.09. The SMILES string of the molecule is OC1CC=C(Br)C=C1F. The summed E-state index contributed by atoms with van der Waals surface area (Å²) in [5.74, 6) is -0.468. The molecule has 1 aliphatic rings. The highest BCUT2D eigenvalue weighted by Gasteiger charge is 2.12. The summed E-state index contributed by atoms with van der Waals surface area (Å²) in [5, 5.41) is 8.79. The molecule has 0 aromatic heterocycles. The zero-order chi connectivity index (χ0) is 6.85. The van der Waals surface area contributed by atoms with Gasteiger partial charge in [0.25, 0.3) is 0 Å². The predicted octanol–water partition coefficient (Wildman–Crippen LogP) is 1.88. The second-order valence-electron chi connectivity index (χ2n) is 1.87. The first kappa shape index (κ1) is 6.96. The number of hydrogen-bond acceptors (Lipinski definition) is 1. The van der Waals surface area contributed by atoms with Crippen molar-refractivity contribution in [3.05, 3.63) is 22.5 Å². The van der Waals surface area contributed by atoms with Crippen LogP contribution in [0.15, 0.2) is 22.5 Å². The second-order valence-corrected chi connectivity index (χ2v) is 2.79. The first-order chi connectivity index (χ1) is 4.20. The Morgan fingerprint density at radius 1 is 1.78 bits per heavy atom. The summed E-state index contributed by atoms with van der Waals surface area (Å²) in [5.41, 5.74) is 0. The van der Waals surface area contributed by atoms with Crippen molar-refractivity contribution in [3.63, 3.8) is 0 Å². The minimum atomic E-state index is -0.925. The van der Waals surface area contributed by atoms with Gasteiger partial charge in [0.15, 0.2) is 0 Å². The van der Waals surface area contributed by atoms with Crippen LogP contribution in [0.4, 0.5) is 4.39 Å². The number of aliphatic hydroxyl groups is 1. The van der Waals surface area contributed by atoms with E-state index in [4.69, 9.17) is 5.11 Å². The van der Waals surface area contributed by atoms with Gasteiger partial charge in [-0.3, -0.25) is 0 Å². The summed E-state index contributed by atoms with van der Waals surface area (Å²) in [6.45, 7) is 0. The van der Waals surface area contributed by atoms with Crippen LogP contribution in [0.3, 0.4) is 0 Å². The van der Waals surface area contributed by atoms with Gasteiger partial charge >= 0.3 is 0 Å². The molecule has 0 amide bonds. The summed E-state index contributed by atoms with van der Waals surface area (Å²) in [6, 6.07) is 0. The van der Waals surface area contributed by atoms with Crippen molar-refractivity contribution in [1.29, 1.82) is 0 Å². The van der Waals surface area contributed by atoms with Gasteiger partial charge < -0.3 is 5.11 Å². The van der Waals surface area contributed by atoms with Crippen molar-refractivity contribution >= 4 is 15.9 Å². The molecule has 0 aromatic carbocycles. The highest BCUT2D eigenvalue weighted by molar-refractivity contribution is 9.11. The molecule has 0 saturated carbocycles. The van der Waals surface area contributed by atoms with E-state index in [-0.39, 0.29) is 0 Å². The van der Waals surface area contributed by atoms with E-state index in [2.05, 4.69) is 15.9 Å². The van der Waals surface area contributed by atoms with Crippen LogP contribution in [-0.2, 0) is 0 Å². The first-order valence-corrected chi connectivity index (χ1v) is 3.40. The van der Waals surface area contributed by atoms with Crippen LogP contribution in [-0.4, -0.2) is 11.2 Å². The standard InChI is InChI=1S/C6H6BrFO/c7-4-1-2-6(9)5(8)3-4/h1,3,6,9H,2H2. The van der Waals surface area contributed by atoms with E-state index >= 15 is 0 Å². The van der Waals surface area contributed by atoms with E-state index < -0.39 is 11.9 Å². The smallest absolute Gasteiger partial charge is 0.130 e. The number of allylic oxidation sites excluding steroid dienone is 2. The third kappa shape index (κ3) is 1.63. The number of halogens is 2. The summed E-state index contributed by atoms with van der Waals surface area (Å²) in [7, 11) is 0. The lowest BCUT2D eigenvalue weighted by atomic mass is 10.1. The Labute approximate surface area is 61.0 Å². The van der Waals surface area contributed by atoms with Crippen molar-refractivity contribution < 1.29 is 9.50 Å². The molecule has 1 nitrogen and oxygen atoms in total. The molecule has 9 heavy (non-hydrogen) atoms. The van der Waals surface area contributed by atoms with Crippen LogP contribution in [0.1, 0.15) is 6.42 Å². The van der Waals surface area contributed by atoms with Crippen LogP contribution < -0.4 is 0 Å². The van der Waals surface area contributed by atoms with Gasteiger partial charge in [0.1, 0.15) is 11.9 Å². The van der Waals surface area contributed by atoms with Gasteiger partial charge in [-0.25, -0.2) is 4.39 Å². The monoisotopic (exact) mass is 192 g/mol. The van der Waals surface area contributed by atoms with Gasteiger partial charge in [0.2, 0.25) is 0 Å². The van der Waals surface area contributed by atoms with Crippen molar-refractivity contribution in [2.24, 2.45) is 0 Å². The fourth-order valence-corrected chi connectivity index (χ4v) is 1.03. The molecule has 0 heterocycles. The van der Waals surface area contributed by atoms with Crippen LogP contribution in [0.5, 0.6) is 0 Å². The number of aliphatic hydroxyl groups excluding tert-OH is 1. The molecule has 0 bridgehead atoms. The number of rotatable bonds is 0. The van der Waals surface area contributed by atoms with Gasteiger partial charge in [0.05, 0.1) is 0 Å². The Bertz CT molecular complexity index is 174. The maximum Gasteiger partial charge on any atom is 0.130 e. The largest absolute Gasteiger partial charge is 0.386 e. The fraction of sp³-hybridized carbons (Fsp3) is 0.333. The highest BCUT2D eigenvalue weighted by atomic mass is 79.9. The Hall–Kier alpha value is -0.150. The lowest BCUT2D eigenvalue weighted by molar-refractivity contribution is 0.184. The van der Waals surface area contributed by atoms with Gasteiger partial charge in [-0.1, -0.05) is 22.0 Å². The summed E-state index contributed by atoms with van der Waals surface area (Å²) in [4.78, 5) is 0. The van der Waals surface area contributed by atoms with E-state index in [0.29, 0.717) is 10.9 Å². The maximum absolute atomic E-state index is 12.4. The van der Waals surface area contributed by atoms with E-state index in [1.54, 1.807) is 6.08 Å². The van der Waals surface area contributed by atoms with E-state index in [0.717, 1.165) is 0 Å². The first-order valence-electron chi connectivity index (χ1n) is 2.61. The molecule has 1 aliphatic carbocycles. The maximum atomic E-state index is 12.4. The fourth-order valence-electron chi connectivity index (χ4n) is 0.624. The van der Waals surface area contributed by atoms with Gasteiger partial charge in [-0.05, 0) is 12.5 Å². The molecule has 0 spiro atoms. The van der Waals surface area contributed by atoms with Gasteiger partial charge in [-0.2, -0.15) is 0 Å². The minimum absolute atomic E-state index is 0.364. The molecule has 0 aromatic rings. The molecule has 1 atom stereocenters. The van der Waals surface area contributed by atoms with E-state index in [9.17, 15) is 4.39 Å². The molecular formula is C6H6BrFO. The van der Waals surface area contributed by atoms with Crippen molar-refractivity contribution in [2.75, 3.05) is 0 Å². The van der Waals surface area contributed by atoms with E-state index in [1.165, 1.54) is 6.08 Å². The molecular weight excluding hydrogens is 187 g/mol. The van der Waals surface area contributed by atoms with E-state index in [1.807, 2.05) is 0 Å². The average molecular weight is 193 g/mol. The minimum Gasteiger partial charge on any atom is -0.386 e. The highest BCUT2D eigenvalue weighted by Crippen LogP contribution is 2.21.